The average Bonchev–Trinajstić information content (AvgIpc) is 1.76. The maximum atomic E-state index is 4.94. The Bertz CT molecular complexity index is 19.1. The van der Waals surface area contributed by atoms with E-state index in [1.54, 1.807) is 0 Å². The molecule has 0 amide bonds. The Kier molecular flexibility index (Phi) is 4.33. The van der Waals surface area contributed by atoms with E-state index in [0.717, 1.165) is 13.2 Å². The Morgan fingerprint density at radius 3 is 1.67 bits per heavy atom. The summed E-state index contributed by atoms with van der Waals surface area (Å²) >= 11 is 0. The third kappa shape index (κ3) is 1.98. The van der Waals surface area contributed by atoms with Gasteiger partial charge in [-0.15, -0.1) is 0 Å². The topological polar surface area (TPSA) is 9.23 Å². The summed E-state index contributed by atoms with van der Waals surface area (Å²) < 4.78 is 4.94. The first-order chi connectivity index (χ1) is 2.50. The molecule has 1 aliphatic rings. The van der Waals surface area contributed by atoms with Crippen LogP contribution in [0.25, 0.3) is 0 Å². The van der Waals surface area contributed by atoms with E-state index in [2.05, 4.69) is 0 Å². The van der Waals surface area contributed by atoms with Crippen LogP contribution in [-0.4, -0.2) is 13.2 Å². The molecule has 1 aliphatic heterocycles. The van der Waals surface area contributed by atoms with Crippen molar-refractivity contribution in [2.75, 3.05) is 13.2 Å². The molecule has 1 rings (SSSR count). The second-order valence-electron chi connectivity index (χ2n) is 1.32. The molecule has 0 radical (unpaired) electrons. The molecule has 0 aromatic rings. The number of hydrogen-bond donors (Lipinski definition) is 0. The van der Waals surface area contributed by atoms with E-state index >= 15 is 0 Å². The van der Waals surface area contributed by atoms with E-state index in [4.69, 9.17) is 4.74 Å². The minimum Gasteiger partial charge on any atom is -0.381 e. The van der Waals surface area contributed by atoms with Crippen LogP contribution in [0.2, 0.25) is 0 Å². The molecule has 0 saturated carbocycles. The van der Waals surface area contributed by atoms with Gasteiger partial charge in [-0.2, -0.15) is 0 Å². The maximum absolute atomic E-state index is 4.94. The fourth-order valence-corrected chi connectivity index (χ4v) is 0.510. The Labute approximate surface area is 53.6 Å². The Hall–Kier alpha value is 0.700. The van der Waals surface area contributed by atoms with Gasteiger partial charge in [0.15, 0.2) is 0 Å². The third-order valence-electron chi connectivity index (χ3n) is 0.827. The molecular formula is C4H8NbO+3. The largest absolute Gasteiger partial charge is 3.00 e. The van der Waals surface area contributed by atoms with Crippen LogP contribution in [0.15, 0.2) is 0 Å². The van der Waals surface area contributed by atoms with Crippen LogP contribution in [-0.2, 0) is 27.1 Å². The number of rotatable bonds is 0. The van der Waals surface area contributed by atoms with Gasteiger partial charge in [0, 0.05) is 13.2 Å². The maximum Gasteiger partial charge on any atom is 3.00 e. The van der Waals surface area contributed by atoms with Gasteiger partial charge in [0.25, 0.3) is 0 Å². The van der Waals surface area contributed by atoms with Crippen molar-refractivity contribution in [1.82, 2.24) is 0 Å². The molecule has 0 spiro atoms. The van der Waals surface area contributed by atoms with E-state index in [1.807, 2.05) is 0 Å². The van der Waals surface area contributed by atoms with Gasteiger partial charge in [0.1, 0.15) is 0 Å². The van der Waals surface area contributed by atoms with E-state index in [-0.39, 0.29) is 22.4 Å². The Balaban J connectivity index is 0.000000250. The van der Waals surface area contributed by atoms with Crippen LogP contribution in [0.3, 0.4) is 0 Å². The minimum absolute atomic E-state index is 0. The second-order valence-corrected chi connectivity index (χ2v) is 1.32. The molecule has 0 aliphatic carbocycles. The molecule has 0 N–H and O–H groups in total. The van der Waals surface area contributed by atoms with Crippen molar-refractivity contribution in [2.45, 2.75) is 12.8 Å². The molecule has 1 heterocycles. The van der Waals surface area contributed by atoms with E-state index in [9.17, 15) is 0 Å². The van der Waals surface area contributed by atoms with Crippen LogP contribution in [0.5, 0.6) is 0 Å². The van der Waals surface area contributed by atoms with Crippen molar-refractivity contribution in [1.29, 1.82) is 0 Å². The zero-order chi connectivity index (χ0) is 3.54. The predicted octanol–water partition coefficient (Wildman–Crippen LogP) is 0.794. The molecule has 1 saturated heterocycles. The molecule has 1 nitrogen and oxygen atoms in total. The SMILES string of the molecule is C1CCOC1.[Nb+3]. The molecule has 0 aromatic carbocycles. The predicted molar refractivity (Wildman–Crippen MR) is 20.1 cm³/mol. The van der Waals surface area contributed by atoms with Gasteiger partial charge in [-0.25, -0.2) is 0 Å². The average molecular weight is 165 g/mol. The van der Waals surface area contributed by atoms with Crippen LogP contribution in [0.1, 0.15) is 12.8 Å². The smallest absolute Gasteiger partial charge is 0.381 e. The van der Waals surface area contributed by atoms with E-state index in [1.165, 1.54) is 12.8 Å². The van der Waals surface area contributed by atoms with Crippen molar-refractivity contribution < 1.29 is 27.1 Å². The summed E-state index contributed by atoms with van der Waals surface area (Å²) in [6.45, 7) is 2.00. The molecule has 0 aromatic heterocycles. The summed E-state index contributed by atoms with van der Waals surface area (Å²) in [6, 6.07) is 0. The van der Waals surface area contributed by atoms with Crippen molar-refractivity contribution >= 4 is 0 Å². The number of hydrogen-bond acceptors (Lipinski definition) is 1. The molecule has 0 atom stereocenters. The molecule has 0 bridgehead atoms. The zero-order valence-corrected chi connectivity index (χ0v) is 5.88. The van der Waals surface area contributed by atoms with Crippen LogP contribution in [0, 0.1) is 0 Å². The standard InChI is InChI=1S/C4H8O.Nb/c1-2-4-5-3-1;/h1-4H2;/q;+3. The van der Waals surface area contributed by atoms with Gasteiger partial charge in [-0.05, 0) is 12.8 Å². The Morgan fingerprint density at radius 2 is 1.50 bits per heavy atom. The van der Waals surface area contributed by atoms with Gasteiger partial charge in [0.05, 0.1) is 0 Å². The van der Waals surface area contributed by atoms with Crippen molar-refractivity contribution in [3.05, 3.63) is 0 Å². The monoisotopic (exact) mass is 165 g/mol. The van der Waals surface area contributed by atoms with Gasteiger partial charge < -0.3 is 4.74 Å². The van der Waals surface area contributed by atoms with E-state index < -0.39 is 0 Å². The van der Waals surface area contributed by atoms with Gasteiger partial charge >= 0.3 is 22.4 Å². The van der Waals surface area contributed by atoms with Crippen LogP contribution in [0.4, 0.5) is 0 Å². The first-order valence-electron chi connectivity index (χ1n) is 2.08. The second kappa shape index (κ2) is 3.88. The van der Waals surface area contributed by atoms with Crippen molar-refractivity contribution in [3.63, 3.8) is 0 Å². The van der Waals surface area contributed by atoms with Crippen LogP contribution < -0.4 is 0 Å². The van der Waals surface area contributed by atoms with Crippen molar-refractivity contribution in [3.8, 4) is 0 Å². The van der Waals surface area contributed by atoms with Gasteiger partial charge in [-0.1, -0.05) is 0 Å². The third-order valence-corrected chi connectivity index (χ3v) is 0.827. The fourth-order valence-electron chi connectivity index (χ4n) is 0.510. The first-order valence-corrected chi connectivity index (χ1v) is 2.08. The summed E-state index contributed by atoms with van der Waals surface area (Å²) in [6.07, 6.45) is 2.56. The molecule has 2 heteroatoms. The molecule has 0 unspecified atom stereocenters. The molecular weight excluding hydrogens is 157 g/mol. The Morgan fingerprint density at radius 1 is 1.00 bits per heavy atom. The molecule has 32 valence electrons. The summed E-state index contributed by atoms with van der Waals surface area (Å²) in [5.41, 5.74) is 0. The summed E-state index contributed by atoms with van der Waals surface area (Å²) in [4.78, 5) is 0. The van der Waals surface area contributed by atoms with Gasteiger partial charge in [0.2, 0.25) is 0 Å². The van der Waals surface area contributed by atoms with Crippen molar-refractivity contribution in [2.24, 2.45) is 0 Å². The zero-order valence-electron chi connectivity index (χ0n) is 3.68. The quantitative estimate of drug-likeness (QED) is 0.482. The number of ether oxygens (including phenoxy) is 1. The summed E-state index contributed by atoms with van der Waals surface area (Å²) in [5, 5.41) is 0. The van der Waals surface area contributed by atoms with Crippen LogP contribution >= 0.6 is 0 Å². The van der Waals surface area contributed by atoms with E-state index in [0.29, 0.717) is 0 Å². The van der Waals surface area contributed by atoms with Gasteiger partial charge in [-0.3, -0.25) is 0 Å². The fraction of sp³-hybridized carbons (Fsp3) is 1.00. The minimum atomic E-state index is 0. The normalized spacial score (nSPS) is 20.0. The molecule has 6 heavy (non-hydrogen) atoms. The molecule has 1 fully saturated rings. The summed E-state index contributed by atoms with van der Waals surface area (Å²) in [7, 11) is 0. The summed E-state index contributed by atoms with van der Waals surface area (Å²) in [5.74, 6) is 0. The first kappa shape index (κ1) is 6.70.